The van der Waals surface area contributed by atoms with Gasteiger partial charge in [0, 0.05) is 17.7 Å². The van der Waals surface area contributed by atoms with E-state index in [-0.39, 0.29) is 12.4 Å². The van der Waals surface area contributed by atoms with Crippen molar-refractivity contribution in [1.29, 1.82) is 0 Å². The maximum absolute atomic E-state index is 14.0. The molecule has 0 aliphatic heterocycles. The highest BCUT2D eigenvalue weighted by Crippen LogP contribution is 2.36. The summed E-state index contributed by atoms with van der Waals surface area (Å²) in [6, 6.07) is 14.7. The number of carbonyl (C=O) groups is 1. The lowest BCUT2D eigenvalue weighted by Crippen LogP contribution is -2.14. The first-order chi connectivity index (χ1) is 16.4. The highest BCUT2D eigenvalue weighted by atomic mass is 16.3. The molecule has 0 spiro atoms. The summed E-state index contributed by atoms with van der Waals surface area (Å²) in [5.41, 5.74) is 6.42. The van der Waals surface area contributed by atoms with E-state index in [4.69, 9.17) is 0 Å². The molecule has 0 aromatic heterocycles. The molecule has 0 saturated heterocycles. The van der Waals surface area contributed by atoms with Crippen molar-refractivity contribution in [1.82, 2.24) is 0 Å². The van der Waals surface area contributed by atoms with Gasteiger partial charge in [-0.1, -0.05) is 103 Å². The average Bonchev–Trinajstić information content (AvgIpc) is 2.83. The van der Waals surface area contributed by atoms with Crippen LogP contribution in [0.4, 0.5) is 0 Å². The number of rotatable bonds is 14. The van der Waals surface area contributed by atoms with Gasteiger partial charge in [-0.2, -0.15) is 0 Å². The van der Waals surface area contributed by atoms with Gasteiger partial charge >= 0.3 is 0 Å². The van der Waals surface area contributed by atoms with Gasteiger partial charge in [-0.25, -0.2) is 0 Å². The van der Waals surface area contributed by atoms with Crippen molar-refractivity contribution in [3.05, 3.63) is 75.9 Å². The largest absolute Gasteiger partial charge is 0.396 e. The van der Waals surface area contributed by atoms with Gasteiger partial charge in [0.2, 0.25) is 0 Å². The van der Waals surface area contributed by atoms with Crippen molar-refractivity contribution in [3.8, 4) is 0 Å². The topological polar surface area (TPSA) is 37.3 Å². The van der Waals surface area contributed by atoms with Crippen LogP contribution in [-0.2, 0) is 0 Å². The smallest absolute Gasteiger partial charge is 0.189 e. The Balaban J connectivity index is 2.62. The number of aliphatic hydroxyl groups excluding tert-OH is 1. The number of ketones is 1. The van der Waals surface area contributed by atoms with Crippen LogP contribution in [-0.4, -0.2) is 17.5 Å². The first-order valence-corrected chi connectivity index (χ1v) is 13.5. The summed E-state index contributed by atoms with van der Waals surface area (Å²) in [4.78, 5) is 14.0. The molecule has 0 amide bonds. The first kappa shape index (κ1) is 28.1. The molecule has 2 nitrogen and oxygen atoms in total. The van der Waals surface area contributed by atoms with Crippen molar-refractivity contribution >= 4 is 11.9 Å². The summed E-state index contributed by atoms with van der Waals surface area (Å²) in [5, 5.41) is 9.86. The maximum atomic E-state index is 14.0. The molecule has 0 aliphatic rings. The van der Waals surface area contributed by atoms with Gasteiger partial charge in [0.15, 0.2) is 5.78 Å². The Bertz CT molecular complexity index is 940. The number of aliphatic hydroxyl groups is 1. The van der Waals surface area contributed by atoms with E-state index < -0.39 is 0 Å². The van der Waals surface area contributed by atoms with Gasteiger partial charge in [-0.05, 0) is 71.8 Å². The van der Waals surface area contributed by atoms with E-state index in [9.17, 15) is 9.90 Å². The normalized spacial score (nSPS) is 14.6. The van der Waals surface area contributed by atoms with Gasteiger partial charge in [-0.15, -0.1) is 0 Å². The fourth-order valence-electron chi connectivity index (χ4n) is 5.34. The number of hydrogen-bond donors (Lipinski definition) is 1. The number of Topliss-reactive ketones (excluding diaryl/α,β-unsaturated/α-hetero) is 1. The molecule has 0 bridgehead atoms. The van der Waals surface area contributed by atoms with Crippen molar-refractivity contribution < 1.29 is 9.90 Å². The summed E-state index contributed by atoms with van der Waals surface area (Å²) < 4.78 is 0. The summed E-state index contributed by atoms with van der Waals surface area (Å²) in [7, 11) is 0. The fourth-order valence-corrected chi connectivity index (χ4v) is 5.34. The molecule has 1 N–H and O–H groups in total. The second-order valence-corrected chi connectivity index (χ2v) is 9.98. The molecule has 2 aromatic carbocycles. The third-order valence-electron chi connectivity index (χ3n) is 7.10. The van der Waals surface area contributed by atoms with Crippen LogP contribution in [0.3, 0.4) is 0 Å². The minimum Gasteiger partial charge on any atom is -0.396 e. The average molecular weight is 463 g/mol. The molecular formula is C32H46O2. The second kappa shape index (κ2) is 14.3. The number of carbonyl (C=O) groups excluding carboxylic acids is 1. The molecule has 34 heavy (non-hydrogen) atoms. The van der Waals surface area contributed by atoms with Crippen molar-refractivity contribution in [2.75, 3.05) is 6.61 Å². The van der Waals surface area contributed by atoms with E-state index in [2.05, 4.69) is 65.8 Å². The van der Waals surface area contributed by atoms with Crippen LogP contribution >= 0.6 is 0 Å². The summed E-state index contributed by atoms with van der Waals surface area (Å²) in [6.07, 6.45) is 9.05. The zero-order valence-corrected chi connectivity index (χ0v) is 22.4. The Morgan fingerprint density at radius 3 is 1.97 bits per heavy atom. The van der Waals surface area contributed by atoms with E-state index in [1.807, 2.05) is 24.3 Å². The van der Waals surface area contributed by atoms with E-state index in [0.29, 0.717) is 29.7 Å². The standard InChI is InChI=1S/C32H46O2/c1-7-13-23(4)28-17-11-10-16-26(28)22-27(20-21-33)32(34)30-19-12-18-29(24(5)14-8-2)31(30)25(6)15-9-3/h10-12,16-19,22-25,33H,7-9,13-15,20-21H2,1-6H3. The van der Waals surface area contributed by atoms with Crippen LogP contribution in [0.1, 0.15) is 137 Å². The van der Waals surface area contributed by atoms with Crippen molar-refractivity contribution in [2.45, 2.75) is 104 Å². The van der Waals surface area contributed by atoms with Gasteiger partial charge < -0.3 is 5.11 Å². The molecule has 3 unspecified atom stereocenters. The second-order valence-electron chi connectivity index (χ2n) is 9.98. The quantitative estimate of drug-likeness (QED) is 0.224. The van der Waals surface area contributed by atoms with Gasteiger partial charge in [0.05, 0.1) is 0 Å². The highest BCUT2D eigenvalue weighted by Gasteiger charge is 2.24. The molecule has 3 atom stereocenters. The molecule has 2 heteroatoms. The lowest BCUT2D eigenvalue weighted by molar-refractivity contribution is 0.102. The predicted molar refractivity (Wildman–Crippen MR) is 147 cm³/mol. The van der Waals surface area contributed by atoms with E-state index >= 15 is 0 Å². The van der Waals surface area contributed by atoms with Crippen LogP contribution in [0.5, 0.6) is 0 Å². The van der Waals surface area contributed by atoms with Crippen molar-refractivity contribution in [2.24, 2.45) is 0 Å². The lowest BCUT2D eigenvalue weighted by Gasteiger charge is -2.24. The monoisotopic (exact) mass is 462 g/mol. The number of hydrogen-bond acceptors (Lipinski definition) is 2. The molecule has 186 valence electrons. The zero-order chi connectivity index (χ0) is 25.1. The third kappa shape index (κ3) is 7.15. The van der Waals surface area contributed by atoms with E-state index in [1.165, 1.54) is 16.7 Å². The minimum absolute atomic E-state index is 0.0317. The molecule has 0 fully saturated rings. The van der Waals surface area contributed by atoms with Crippen LogP contribution in [0, 0.1) is 0 Å². The van der Waals surface area contributed by atoms with Crippen LogP contribution < -0.4 is 0 Å². The van der Waals surface area contributed by atoms with E-state index in [0.717, 1.165) is 49.7 Å². The SMILES string of the molecule is CCCC(C)c1ccccc1C=C(CCO)C(=O)c1cccc(C(C)CCC)c1C(C)CCC. The third-order valence-corrected chi connectivity index (χ3v) is 7.10. The minimum atomic E-state index is -0.0317. The molecule has 2 rings (SSSR count). The first-order valence-electron chi connectivity index (χ1n) is 13.5. The Hall–Kier alpha value is -2.19. The molecule has 0 saturated carbocycles. The molecule has 0 radical (unpaired) electrons. The lowest BCUT2D eigenvalue weighted by atomic mass is 9.80. The van der Waals surface area contributed by atoms with E-state index in [1.54, 1.807) is 0 Å². The van der Waals surface area contributed by atoms with Crippen LogP contribution in [0.2, 0.25) is 0 Å². The summed E-state index contributed by atoms with van der Waals surface area (Å²) >= 11 is 0. The van der Waals surface area contributed by atoms with Gasteiger partial charge in [-0.3, -0.25) is 4.79 Å². The van der Waals surface area contributed by atoms with Gasteiger partial charge in [0.1, 0.15) is 0 Å². The molecular weight excluding hydrogens is 416 g/mol. The Morgan fingerprint density at radius 1 is 0.794 bits per heavy atom. The fraction of sp³-hybridized carbons (Fsp3) is 0.531. The van der Waals surface area contributed by atoms with Crippen LogP contribution in [0.15, 0.2) is 48.0 Å². The Morgan fingerprint density at radius 2 is 1.35 bits per heavy atom. The zero-order valence-electron chi connectivity index (χ0n) is 22.4. The highest BCUT2D eigenvalue weighted by molar-refractivity contribution is 6.12. The maximum Gasteiger partial charge on any atom is 0.189 e. The Kier molecular flexibility index (Phi) is 11.8. The number of benzene rings is 2. The predicted octanol–water partition coefficient (Wildman–Crippen LogP) is 9.05. The Labute approximate surface area is 208 Å². The van der Waals surface area contributed by atoms with Crippen LogP contribution in [0.25, 0.3) is 6.08 Å². The van der Waals surface area contributed by atoms with Crippen molar-refractivity contribution in [3.63, 3.8) is 0 Å². The molecule has 0 heterocycles. The summed E-state index contributed by atoms with van der Waals surface area (Å²) in [5.74, 6) is 1.25. The van der Waals surface area contributed by atoms with Gasteiger partial charge in [0.25, 0.3) is 0 Å². The summed E-state index contributed by atoms with van der Waals surface area (Å²) in [6.45, 7) is 13.4. The molecule has 0 aliphatic carbocycles. The molecule has 2 aromatic rings.